The molecule has 0 aliphatic carbocycles. The van der Waals surface area contributed by atoms with Gasteiger partial charge in [0.1, 0.15) is 6.33 Å². The number of aromatic nitrogens is 2. The molecule has 0 atom stereocenters. The second-order valence-electron chi connectivity index (χ2n) is 5.01. The zero-order valence-electron chi connectivity index (χ0n) is 12.5. The van der Waals surface area contributed by atoms with Gasteiger partial charge in [-0.05, 0) is 17.7 Å². The van der Waals surface area contributed by atoms with E-state index >= 15 is 0 Å². The van der Waals surface area contributed by atoms with Crippen LogP contribution in [0.1, 0.15) is 5.56 Å². The van der Waals surface area contributed by atoms with E-state index in [1.807, 2.05) is 30.3 Å². The van der Waals surface area contributed by atoms with Gasteiger partial charge < -0.3 is 10.1 Å². The SMILES string of the molecule is O=C(COc1ncnc2c(Cl)cc(Cl)cc12)NCc1ccccc1. The number of carbonyl (C=O) groups excluding carboxylic acids is 1. The lowest BCUT2D eigenvalue weighted by molar-refractivity contribution is -0.123. The molecular formula is C17H13Cl2N3O2. The fourth-order valence-corrected chi connectivity index (χ4v) is 2.71. The third-order valence-corrected chi connectivity index (χ3v) is 3.80. The number of carbonyl (C=O) groups is 1. The molecule has 0 saturated heterocycles. The number of hydrogen-bond acceptors (Lipinski definition) is 4. The Bertz CT molecular complexity index is 872. The molecule has 5 nitrogen and oxygen atoms in total. The van der Waals surface area contributed by atoms with Crippen LogP contribution < -0.4 is 10.1 Å². The molecule has 0 radical (unpaired) electrons. The first-order valence-electron chi connectivity index (χ1n) is 7.16. The molecule has 7 heteroatoms. The van der Waals surface area contributed by atoms with Gasteiger partial charge in [0.05, 0.1) is 15.9 Å². The highest BCUT2D eigenvalue weighted by Crippen LogP contribution is 2.30. The topological polar surface area (TPSA) is 64.1 Å². The zero-order valence-corrected chi connectivity index (χ0v) is 14.0. The maximum atomic E-state index is 11.9. The van der Waals surface area contributed by atoms with Gasteiger partial charge in [0.2, 0.25) is 5.88 Å². The fourth-order valence-electron chi connectivity index (χ4n) is 2.17. The molecule has 1 amide bonds. The first kappa shape index (κ1) is 16.5. The predicted octanol–water partition coefficient (Wildman–Crippen LogP) is 3.63. The van der Waals surface area contributed by atoms with Crippen LogP contribution >= 0.6 is 23.2 Å². The van der Waals surface area contributed by atoms with Crippen molar-refractivity contribution in [2.45, 2.75) is 6.54 Å². The van der Waals surface area contributed by atoms with E-state index in [9.17, 15) is 4.79 Å². The van der Waals surface area contributed by atoms with Gasteiger partial charge in [0, 0.05) is 11.6 Å². The minimum Gasteiger partial charge on any atom is -0.467 e. The molecular weight excluding hydrogens is 349 g/mol. The van der Waals surface area contributed by atoms with E-state index < -0.39 is 0 Å². The number of hydrogen-bond donors (Lipinski definition) is 1. The van der Waals surface area contributed by atoms with Gasteiger partial charge in [0.15, 0.2) is 6.61 Å². The Labute approximate surface area is 148 Å². The summed E-state index contributed by atoms with van der Waals surface area (Å²) in [5.74, 6) is 0.0120. The highest BCUT2D eigenvalue weighted by Gasteiger charge is 2.11. The molecule has 1 aromatic heterocycles. The average molecular weight is 362 g/mol. The highest BCUT2D eigenvalue weighted by atomic mass is 35.5. The van der Waals surface area contributed by atoms with E-state index in [0.29, 0.717) is 27.5 Å². The maximum Gasteiger partial charge on any atom is 0.258 e. The molecule has 3 rings (SSSR count). The van der Waals surface area contributed by atoms with Crippen molar-refractivity contribution < 1.29 is 9.53 Å². The Morgan fingerprint density at radius 2 is 1.92 bits per heavy atom. The third-order valence-electron chi connectivity index (χ3n) is 3.29. The van der Waals surface area contributed by atoms with Crippen LogP contribution in [0.4, 0.5) is 0 Å². The lowest BCUT2D eigenvalue weighted by Crippen LogP contribution is -2.28. The lowest BCUT2D eigenvalue weighted by atomic mass is 10.2. The van der Waals surface area contributed by atoms with Crippen molar-refractivity contribution in [2.24, 2.45) is 0 Å². The van der Waals surface area contributed by atoms with Crippen LogP contribution in [0.3, 0.4) is 0 Å². The van der Waals surface area contributed by atoms with E-state index in [1.165, 1.54) is 6.33 Å². The summed E-state index contributed by atoms with van der Waals surface area (Å²) in [4.78, 5) is 20.1. The number of halogens is 2. The molecule has 1 N–H and O–H groups in total. The van der Waals surface area contributed by atoms with Crippen LogP contribution in [0, 0.1) is 0 Å². The largest absolute Gasteiger partial charge is 0.467 e. The van der Waals surface area contributed by atoms with Crippen LogP contribution in [0.25, 0.3) is 10.9 Å². The lowest BCUT2D eigenvalue weighted by Gasteiger charge is -2.09. The van der Waals surface area contributed by atoms with Crippen molar-refractivity contribution in [3.8, 4) is 5.88 Å². The number of ether oxygens (including phenoxy) is 1. The smallest absolute Gasteiger partial charge is 0.258 e. The van der Waals surface area contributed by atoms with Crippen molar-refractivity contribution in [2.75, 3.05) is 6.61 Å². The Kier molecular flexibility index (Phi) is 5.13. The quantitative estimate of drug-likeness (QED) is 0.753. The van der Waals surface area contributed by atoms with Crippen molar-refractivity contribution in [3.05, 3.63) is 64.4 Å². The summed E-state index contributed by atoms with van der Waals surface area (Å²) in [7, 11) is 0. The predicted molar refractivity (Wildman–Crippen MR) is 93.3 cm³/mol. The van der Waals surface area contributed by atoms with E-state index in [4.69, 9.17) is 27.9 Å². The van der Waals surface area contributed by atoms with Crippen LogP contribution in [-0.4, -0.2) is 22.5 Å². The van der Waals surface area contributed by atoms with Gasteiger partial charge in [-0.3, -0.25) is 4.79 Å². The Balaban J connectivity index is 1.66. The average Bonchev–Trinajstić information content (AvgIpc) is 2.59. The van der Waals surface area contributed by atoms with Crippen LogP contribution in [-0.2, 0) is 11.3 Å². The van der Waals surface area contributed by atoms with Crippen molar-refractivity contribution in [3.63, 3.8) is 0 Å². The van der Waals surface area contributed by atoms with Gasteiger partial charge in [-0.15, -0.1) is 0 Å². The summed E-state index contributed by atoms with van der Waals surface area (Å²) in [6, 6.07) is 12.9. The summed E-state index contributed by atoms with van der Waals surface area (Å²) in [5.41, 5.74) is 1.53. The molecule has 0 aliphatic heterocycles. The Morgan fingerprint density at radius 3 is 2.71 bits per heavy atom. The monoisotopic (exact) mass is 361 g/mol. The third kappa shape index (κ3) is 3.93. The molecule has 1 heterocycles. The van der Waals surface area contributed by atoms with E-state index in [-0.39, 0.29) is 18.4 Å². The normalized spacial score (nSPS) is 10.6. The number of rotatable bonds is 5. The molecule has 0 saturated carbocycles. The van der Waals surface area contributed by atoms with Gasteiger partial charge >= 0.3 is 0 Å². The van der Waals surface area contributed by atoms with Gasteiger partial charge in [-0.25, -0.2) is 9.97 Å². The maximum absolute atomic E-state index is 11.9. The first-order valence-corrected chi connectivity index (χ1v) is 7.92. The number of fused-ring (bicyclic) bond motifs is 1. The first-order chi connectivity index (χ1) is 11.6. The van der Waals surface area contributed by atoms with Crippen molar-refractivity contribution >= 4 is 40.0 Å². The number of nitrogens with one attached hydrogen (secondary N) is 1. The summed E-state index contributed by atoms with van der Waals surface area (Å²) in [6.07, 6.45) is 1.33. The summed E-state index contributed by atoms with van der Waals surface area (Å²) >= 11 is 12.1. The van der Waals surface area contributed by atoms with Crippen molar-refractivity contribution in [1.29, 1.82) is 0 Å². The minimum absolute atomic E-state index is 0.164. The number of benzene rings is 2. The summed E-state index contributed by atoms with van der Waals surface area (Å²) < 4.78 is 5.50. The Hall–Kier alpha value is -2.37. The molecule has 0 fully saturated rings. The van der Waals surface area contributed by atoms with Crippen molar-refractivity contribution in [1.82, 2.24) is 15.3 Å². The van der Waals surface area contributed by atoms with Crippen LogP contribution in [0.5, 0.6) is 5.88 Å². The molecule has 0 unspecified atom stereocenters. The molecule has 0 bridgehead atoms. The molecule has 122 valence electrons. The zero-order chi connectivity index (χ0) is 16.9. The van der Waals surface area contributed by atoms with Crippen LogP contribution in [0.2, 0.25) is 10.0 Å². The molecule has 2 aromatic carbocycles. The molecule has 0 aliphatic rings. The van der Waals surface area contributed by atoms with E-state index in [2.05, 4.69) is 15.3 Å². The van der Waals surface area contributed by atoms with E-state index in [1.54, 1.807) is 12.1 Å². The number of amides is 1. The number of nitrogens with zero attached hydrogens (tertiary/aromatic N) is 2. The minimum atomic E-state index is -0.251. The second kappa shape index (κ2) is 7.47. The molecule has 24 heavy (non-hydrogen) atoms. The second-order valence-corrected chi connectivity index (χ2v) is 5.86. The highest BCUT2D eigenvalue weighted by molar-refractivity contribution is 6.38. The van der Waals surface area contributed by atoms with Crippen LogP contribution in [0.15, 0.2) is 48.8 Å². The van der Waals surface area contributed by atoms with E-state index in [0.717, 1.165) is 5.56 Å². The molecule has 0 spiro atoms. The van der Waals surface area contributed by atoms with Gasteiger partial charge in [-0.1, -0.05) is 53.5 Å². The molecule has 3 aromatic rings. The fraction of sp³-hybridized carbons (Fsp3) is 0.118. The summed E-state index contributed by atoms with van der Waals surface area (Å²) in [5, 5.41) is 4.19. The summed E-state index contributed by atoms with van der Waals surface area (Å²) in [6.45, 7) is 0.272. The standard InChI is InChI=1S/C17H13Cl2N3O2/c18-12-6-13-16(14(19)7-12)21-10-22-17(13)24-9-15(23)20-8-11-4-2-1-3-5-11/h1-7,10H,8-9H2,(H,20,23). The Morgan fingerprint density at radius 1 is 1.12 bits per heavy atom. The van der Waals surface area contributed by atoms with Gasteiger partial charge in [-0.2, -0.15) is 0 Å². The van der Waals surface area contributed by atoms with Gasteiger partial charge in [0.25, 0.3) is 5.91 Å².